The lowest BCUT2D eigenvalue weighted by Gasteiger charge is -2.06. The van der Waals surface area contributed by atoms with E-state index >= 15 is 0 Å². The zero-order valence-electron chi connectivity index (χ0n) is 11.0. The van der Waals surface area contributed by atoms with Crippen LogP contribution in [0.25, 0.3) is 10.8 Å². The van der Waals surface area contributed by atoms with Crippen LogP contribution in [0.15, 0.2) is 59.3 Å². The second-order valence-electron chi connectivity index (χ2n) is 4.70. The van der Waals surface area contributed by atoms with Gasteiger partial charge in [0, 0.05) is 12.1 Å². The predicted molar refractivity (Wildman–Crippen MR) is 84.3 cm³/mol. The van der Waals surface area contributed by atoms with Crippen molar-refractivity contribution in [1.82, 2.24) is 5.32 Å². The van der Waals surface area contributed by atoms with Crippen LogP contribution in [0.1, 0.15) is 15.9 Å². The smallest absolute Gasteiger partial charge is 0.251 e. The predicted octanol–water partition coefficient (Wildman–Crippen LogP) is 3.87. The van der Waals surface area contributed by atoms with E-state index in [9.17, 15) is 4.79 Å². The summed E-state index contributed by atoms with van der Waals surface area (Å²) < 4.78 is 0. The van der Waals surface area contributed by atoms with Crippen molar-refractivity contribution in [2.45, 2.75) is 6.42 Å². The molecule has 1 heterocycles. The first kappa shape index (κ1) is 12.9. The van der Waals surface area contributed by atoms with Crippen LogP contribution in [-0.4, -0.2) is 12.5 Å². The highest BCUT2D eigenvalue weighted by atomic mass is 32.1. The van der Waals surface area contributed by atoms with E-state index < -0.39 is 0 Å². The summed E-state index contributed by atoms with van der Waals surface area (Å²) in [5.74, 6) is -0.00835. The molecule has 0 bridgehead atoms. The van der Waals surface area contributed by atoms with E-state index in [-0.39, 0.29) is 5.91 Å². The van der Waals surface area contributed by atoms with Gasteiger partial charge in [0.1, 0.15) is 0 Å². The zero-order valence-corrected chi connectivity index (χ0v) is 11.8. The van der Waals surface area contributed by atoms with Crippen LogP contribution in [-0.2, 0) is 6.42 Å². The van der Waals surface area contributed by atoms with E-state index in [1.165, 1.54) is 5.56 Å². The zero-order chi connectivity index (χ0) is 13.8. The fourth-order valence-electron chi connectivity index (χ4n) is 2.19. The second-order valence-corrected chi connectivity index (χ2v) is 5.48. The monoisotopic (exact) mass is 281 g/mol. The molecule has 3 heteroatoms. The highest BCUT2D eigenvalue weighted by Gasteiger charge is 2.05. The number of fused-ring (bicyclic) bond motifs is 1. The lowest BCUT2D eigenvalue weighted by atomic mass is 10.1. The molecule has 0 saturated heterocycles. The molecule has 20 heavy (non-hydrogen) atoms. The summed E-state index contributed by atoms with van der Waals surface area (Å²) in [5, 5.41) is 9.39. The number of rotatable bonds is 4. The fourth-order valence-corrected chi connectivity index (χ4v) is 2.89. The first-order valence-electron chi connectivity index (χ1n) is 6.61. The minimum absolute atomic E-state index is 0.00835. The summed E-state index contributed by atoms with van der Waals surface area (Å²) in [4.78, 5) is 12.1. The van der Waals surface area contributed by atoms with Crippen molar-refractivity contribution in [1.29, 1.82) is 0 Å². The van der Waals surface area contributed by atoms with E-state index in [1.54, 1.807) is 11.3 Å². The average Bonchev–Trinajstić information content (AvgIpc) is 3.00. The Labute approximate surface area is 122 Å². The molecule has 0 spiro atoms. The molecular formula is C17H15NOS. The maximum absolute atomic E-state index is 12.1. The van der Waals surface area contributed by atoms with Gasteiger partial charge in [-0.15, -0.1) is 0 Å². The van der Waals surface area contributed by atoms with Crippen LogP contribution in [0, 0.1) is 0 Å². The molecule has 0 radical (unpaired) electrons. The summed E-state index contributed by atoms with van der Waals surface area (Å²) >= 11 is 1.68. The summed E-state index contributed by atoms with van der Waals surface area (Å²) in [6.07, 6.45) is 0.878. The Kier molecular flexibility index (Phi) is 3.79. The molecule has 1 N–H and O–H groups in total. The Balaban J connectivity index is 1.66. The molecule has 0 aliphatic carbocycles. The SMILES string of the molecule is O=C(NCCc1ccsc1)c1ccc2ccccc2c1. The normalized spacial score (nSPS) is 10.6. The van der Waals surface area contributed by atoms with Crippen molar-refractivity contribution in [2.24, 2.45) is 0 Å². The molecule has 100 valence electrons. The van der Waals surface area contributed by atoms with Gasteiger partial charge in [0.2, 0.25) is 0 Å². The molecule has 1 amide bonds. The molecule has 1 aromatic heterocycles. The summed E-state index contributed by atoms with van der Waals surface area (Å²) in [7, 11) is 0. The van der Waals surface area contributed by atoms with Gasteiger partial charge in [0.05, 0.1) is 0 Å². The maximum Gasteiger partial charge on any atom is 0.251 e. The minimum atomic E-state index is -0.00835. The molecule has 0 aliphatic rings. The minimum Gasteiger partial charge on any atom is -0.352 e. The van der Waals surface area contributed by atoms with Gasteiger partial charge >= 0.3 is 0 Å². The van der Waals surface area contributed by atoms with E-state index in [0.717, 1.165) is 17.2 Å². The molecule has 2 nitrogen and oxygen atoms in total. The van der Waals surface area contributed by atoms with E-state index in [1.807, 2.05) is 42.5 Å². The van der Waals surface area contributed by atoms with Gasteiger partial charge < -0.3 is 5.32 Å². The molecular weight excluding hydrogens is 266 g/mol. The molecule has 0 unspecified atom stereocenters. The molecule has 2 aromatic carbocycles. The van der Waals surface area contributed by atoms with E-state index in [4.69, 9.17) is 0 Å². The Morgan fingerprint density at radius 3 is 2.70 bits per heavy atom. The maximum atomic E-state index is 12.1. The van der Waals surface area contributed by atoms with Crippen LogP contribution < -0.4 is 5.32 Å². The number of hydrogen-bond donors (Lipinski definition) is 1. The highest BCUT2D eigenvalue weighted by molar-refractivity contribution is 7.07. The number of carbonyl (C=O) groups is 1. The number of carbonyl (C=O) groups excluding carboxylic acids is 1. The third-order valence-corrected chi connectivity index (χ3v) is 4.02. The lowest BCUT2D eigenvalue weighted by molar-refractivity contribution is 0.0954. The molecule has 0 fully saturated rings. The summed E-state index contributed by atoms with van der Waals surface area (Å²) in [5.41, 5.74) is 1.99. The van der Waals surface area contributed by atoms with Crippen LogP contribution in [0.2, 0.25) is 0 Å². The summed E-state index contributed by atoms with van der Waals surface area (Å²) in [6, 6.07) is 16.0. The average molecular weight is 281 g/mol. The van der Waals surface area contributed by atoms with Crippen molar-refractivity contribution in [2.75, 3.05) is 6.54 Å². The van der Waals surface area contributed by atoms with Gasteiger partial charge in [-0.05, 0) is 51.7 Å². The lowest BCUT2D eigenvalue weighted by Crippen LogP contribution is -2.25. The van der Waals surface area contributed by atoms with Crippen LogP contribution in [0.4, 0.5) is 0 Å². The third kappa shape index (κ3) is 2.89. The van der Waals surface area contributed by atoms with Crippen molar-refractivity contribution in [3.05, 3.63) is 70.4 Å². The first-order valence-corrected chi connectivity index (χ1v) is 7.55. The van der Waals surface area contributed by atoms with Gasteiger partial charge in [-0.25, -0.2) is 0 Å². The number of benzene rings is 2. The molecule has 0 saturated carbocycles. The van der Waals surface area contributed by atoms with E-state index in [0.29, 0.717) is 12.1 Å². The Bertz CT molecular complexity index is 719. The highest BCUT2D eigenvalue weighted by Crippen LogP contribution is 2.15. The van der Waals surface area contributed by atoms with Crippen molar-refractivity contribution >= 4 is 28.0 Å². The third-order valence-electron chi connectivity index (χ3n) is 3.29. The Morgan fingerprint density at radius 1 is 1.05 bits per heavy atom. The topological polar surface area (TPSA) is 29.1 Å². The summed E-state index contributed by atoms with van der Waals surface area (Å²) in [6.45, 7) is 0.669. The van der Waals surface area contributed by atoms with Crippen LogP contribution in [0.3, 0.4) is 0 Å². The van der Waals surface area contributed by atoms with E-state index in [2.05, 4.69) is 22.1 Å². The molecule has 3 rings (SSSR count). The quantitative estimate of drug-likeness (QED) is 0.772. The fraction of sp³-hybridized carbons (Fsp3) is 0.118. The van der Waals surface area contributed by atoms with Gasteiger partial charge in [-0.3, -0.25) is 4.79 Å². The largest absolute Gasteiger partial charge is 0.352 e. The number of hydrogen-bond acceptors (Lipinski definition) is 2. The standard InChI is InChI=1S/C17H15NOS/c19-17(18-9-7-13-8-10-20-12-13)16-6-5-14-3-1-2-4-15(14)11-16/h1-6,8,10-12H,7,9H2,(H,18,19). The van der Waals surface area contributed by atoms with Crippen LogP contribution >= 0.6 is 11.3 Å². The second kappa shape index (κ2) is 5.88. The van der Waals surface area contributed by atoms with Gasteiger partial charge in [-0.1, -0.05) is 30.3 Å². The van der Waals surface area contributed by atoms with Gasteiger partial charge in [-0.2, -0.15) is 11.3 Å². The Morgan fingerprint density at radius 2 is 1.90 bits per heavy atom. The number of nitrogens with one attached hydrogen (secondary N) is 1. The number of thiophene rings is 1. The van der Waals surface area contributed by atoms with Crippen molar-refractivity contribution < 1.29 is 4.79 Å². The van der Waals surface area contributed by atoms with Gasteiger partial charge in [0.25, 0.3) is 5.91 Å². The first-order chi connectivity index (χ1) is 9.83. The van der Waals surface area contributed by atoms with Gasteiger partial charge in [0.15, 0.2) is 0 Å². The molecule has 0 aliphatic heterocycles. The Hall–Kier alpha value is -2.13. The van der Waals surface area contributed by atoms with Crippen molar-refractivity contribution in [3.8, 4) is 0 Å². The number of amides is 1. The van der Waals surface area contributed by atoms with Crippen LogP contribution in [0.5, 0.6) is 0 Å². The van der Waals surface area contributed by atoms with Crippen molar-refractivity contribution in [3.63, 3.8) is 0 Å². The molecule has 3 aromatic rings. The molecule has 0 atom stereocenters.